The molecule has 6 nitrogen and oxygen atoms in total. The van der Waals surface area contributed by atoms with Crippen molar-refractivity contribution < 1.29 is 27.9 Å². The van der Waals surface area contributed by atoms with Gasteiger partial charge in [0.05, 0.1) is 16.8 Å². The lowest BCUT2D eigenvalue weighted by atomic mass is 10.1. The maximum Gasteiger partial charge on any atom is 0.337 e. The van der Waals surface area contributed by atoms with Crippen LogP contribution in [0.15, 0.2) is 39.7 Å². The third-order valence-electron chi connectivity index (χ3n) is 2.50. The second-order valence-corrected chi connectivity index (χ2v) is 3.91. The van der Waals surface area contributed by atoms with Crippen LogP contribution in [0.5, 0.6) is 0 Å². The molecule has 1 amide bonds. The van der Waals surface area contributed by atoms with Gasteiger partial charge in [-0.15, -0.1) is 0 Å². The maximum atomic E-state index is 13.1. The van der Waals surface area contributed by atoms with Gasteiger partial charge < -0.3 is 14.8 Å². The molecule has 0 spiro atoms. The number of hydrogen-bond acceptors (Lipinski definition) is 4. The van der Waals surface area contributed by atoms with Gasteiger partial charge in [0, 0.05) is 12.1 Å². The average Bonchev–Trinajstić information content (AvgIpc) is 2.43. The Morgan fingerprint density at radius 2 is 1.81 bits per heavy atom. The van der Waals surface area contributed by atoms with Crippen LogP contribution in [0.1, 0.15) is 20.7 Å². The first kappa shape index (κ1) is 14.4. The van der Waals surface area contributed by atoms with Gasteiger partial charge in [-0.2, -0.15) is 0 Å². The normalized spacial score (nSPS) is 10.2. The van der Waals surface area contributed by atoms with Crippen molar-refractivity contribution in [3.8, 4) is 0 Å². The van der Waals surface area contributed by atoms with E-state index in [4.69, 9.17) is 5.11 Å². The molecule has 108 valence electrons. The van der Waals surface area contributed by atoms with Crippen LogP contribution in [0, 0.1) is 11.6 Å². The number of benzene rings is 1. The molecular weight excluding hydrogens is 288 g/mol. The molecule has 1 aromatic heterocycles. The van der Waals surface area contributed by atoms with Crippen LogP contribution in [0.4, 0.5) is 14.5 Å². The lowest BCUT2D eigenvalue weighted by Crippen LogP contribution is -2.16. The summed E-state index contributed by atoms with van der Waals surface area (Å²) >= 11 is 0. The summed E-state index contributed by atoms with van der Waals surface area (Å²) < 4.78 is 30.6. The molecular formula is C13H7F2NO5. The summed E-state index contributed by atoms with van der Waals surface area (Å²) in [6, 6.07) is 3.13. The van der Waals surface area contributed by atoms with E-state index in [-0.39, 0.29) is 5.56 Å². The fraction of sp³-hybridized carbons (Fsp3) is 0. The van der Waals surface area contributed by atoms with Gasteiger partial charge in [0.1, 0.15) is 6.26 Å². The number of aromatic carboxylic acids is 1. The summed E-state index contributed by atoms with van der Waals surface area (Å²) in [7, 11) is 0. The lowest BCUT2D eigenvalue weighted by molar-refractivity contribution is 0.0697. The standard InChI is InChI=1S/C13H7F2NO5/c14-8-3-7(13(19)20)10(4-9(8)15)16-12(18)6-1-2-11(17)21-5-6/h1-5H,(H,16,18)(H,19,20). The summed E-state index contributed by atoms with van der Waals surface area (Å²) in [6.07, 6.45) is 0.859. The first-order valence-corrected chi connectivity index (χ1v) is 5.51. The number of carboxylic acid groups (broad SMARTS) is 1. The Balaban J connectivity index is 2.36. The minimum Gasteiger partial charge on any atom is -0.478 e. The van der Waals surface area contributed by atoms with Crippen molar-refractivity contribution in [2.24, 2.45) is 0 Å². The molecule has 8 heteroatoms. The lowest BCUT2D eigenvalue weighted by Gasteiger charge is -2.08. The molecule has 2 rings (SSSR count). The zero-order valence-electron chi connectivity index (χ0n) is 10.2. The summed E-state index contributed by atoms with van der Waals surface area (Å²) in [5, 5.41) is 11.0. The monoisotopic (exact) mass is 295 g/mol. The molecule has 21 heavy (non-hydrogen) atoms. The minimum atomic E-state index is -1.54. The van der Waals surface area contributed by atoms with Crippen molar-refractivity contribution in [2.75, 3.05) is 5.32 Å². The van der Waals surface area contributed by atoms with Crippen molar-refractivity contribution in [3.63, 3.8) is 0 Å². The molecule has 0 fully saturated rings. The van der Waals surface area contributed by atoms with E-state index < -0.39 is 40.4 Å². The van der Waals surface area contributed by atoms with Crippen LogP contribution in [-0.4, -0.2) is 17.0 Å². The quantitative estimate of drug-likeness (QED) is 0.901. The van der Waals surface area contributed by atoms with Gasteiger partial charge in [-0.05, 0) is 12.1 Å². The van der Waals surface area contributed by atoms with E-state index in [9.17, 15) is 23.2 Å². The summed E-state index contributed by atoms with van der Waals surface area (Å²) in [5.41, 5.74) is -1.79. The molecule has 1 aromatic carbocycles. The third kappa shape index (κ3) is 3.11. The Morgan fingerprint density at radius 1 is 1.14 bits per heavy atom. The Morgan fingerprint density at radius 3 is 2.38 bits per heavy atom. The number of halogens is 2. The van der Waals surface area contributed by atoms with E-state index in [2.05, 4.69) is 9.73 Å². The van der Waals surface area contributed by atoms with Crippen molar-refractivity contribution in [3.05, 3.63) is 63.7 Å². The molecule has 1 heterocycles. The summed E-state index contributed by atoms with van der Waals surface area (Å²) in [5.74, 6) is -5.04. The highest BCUT2D eigenvalue weighted by molar-refractivity contribution is 6.07. The second-order valence-electron chi connectivity index (χ2n) is 3.91. The van der Waals surface area contributed by atoms with Gasteiger partial charge >= 0.3 is 11.6 Å². The molecule has 0 aliphatic carbocycles. The Kier molecular flexibility index (Phi) is 3.79. The highest BCUT2D eigenvalue weighted by atomic mass is 19.2. The van der Waals surface area contributed by atoms with Crippen LogP contribution >= 0.6 is 0 Å². The number of hydrogen-bond donors (Lipinski definition) is 2. The van der Waals surface area contributed by atoms with Crippen LogP contribution in [0.25, 0.3) is 0 Å². The SMILES string of the molecule is O=C(Nc1cc(F)c(F)cc1C(=O)O)c1ccc(=O)oc1. The molecule has 0 saturated heterocycles. The highest BCUT2D eigenvalue weighted by Crippen LogP contribution is 2.21. The van der Waals surface area contributed by atoms with Crippen molar-refractivity contribution >= 4 is 17.6 Å². The fourth-order valence-corrected chi connectivity index (χ4v) is 1.51. The number of carbonyl (C=O) groups is 2. The number of nitrogens with one attached hydrogen (secondary N) is 1. The van der Waals surface area contributed by atoms with Gasteiger partial charge in [0.2, 0.25) is 0 Å². The zero-order chi connectivity index (χ0) is 15.6. The number of carbonyl (C=O) groups excluding carboxylic acids is 1. The number of amides is 1. The first-order valence-electron chi connectivity index (χ1n) is 5.51. The van der Waals surface area contributed by atoms with Gasteiger partial charge in [-0.3, -0.25) is 4.79 Å². The van der Waals surface area contributed by atoms with Gasteiger partial charge in [-0.25, -0.2) is 18.4 Å². The highest BCUT2D eigenvalue weighted by Gasteiger charge is 2.18. The summed E-state index contributed by atoms with van der Waals surface area (Å²) in [4.78, 5) is 33.5. The van der Waals surface area contributed by atoms with E-state index >= 15 is 0 Å². The predicted molar refractivity (Wildman–Crippen MR) is 66.2 cm³/mol. The molecule has 0 bridgehead atoms. The molecule has 2 N–H and O–H groups in total. The van der Waals surface area contributed by atoms with Crippen LogP contribution in [0.3, 0.4) is 0 Å². The fourth-order valence-electron chi connectivity index (χ4n) is 1.51. The van der Waals surface area contributed by atoms with Crippen LogP contribution in [-0.2, 0) is 0 Å². The molecule has 0 unspecified atom stereocenters. The molecule has 0 saturated carbocycles. The van der Waals surface area contributed by atoms with Crippen molar-refractivity contribution in [2.45, 2.75) is 0 Å². The Hall–Kier alpha value is -3.03. The van der Waals surface area contributed by atoms with Crippen molar-refractivity contribution in [1.29, 1.82) is 0 Å². The van der Waals surface area contributed by atoms with E-state index in [0.717, 1.165) is 18.4 Å². The van der Waals surface area contributed by atoms with E-state index in [1.165, 1.54) is 0 Å². The molecule has 0 radical (unpaired) electrons. The zero-order valence-corrected chi connectivity index (χ0v) is 10.2. The van der Waals surface area contributed by atoms with E-state index in [1.54, 1.807) is 0 Å². The third-order valence-corrected chi connectivity index (χ3v) is 2.50. The average molecular weight is 295 g/mol. The second kappa shape index (κ2) is 5.53. The minimum absolute atomic E-state index is 0.0873. The van der Waals surface area contributed by atoms with Gasteiger partial charge in [0.15, 0.2) is 11.6 Å². The van der Waals surface area contributed by atoms with Crippen LogP contribution < -0.4 is 10.9 Å². The van der Waals surface area contributed by atoms with E-state index in [1.807, 2.05) is 0 Å². The number of carboxylic acids is 1. The molecule has 0 aliphatic heterocycles. The van der Waals surface area contributed by atoms with Crippen LogP contribution in [0.2, 0.25) is 0 Å². The summed E-state index contributed by atoms with van der Waals surface area (Å²) in [6.45, 7) is 0. The molecule has 0 atom stereocenters. The van der Waals surface area contributed by atoms with E-state index in [0.29, 0.717) is 12.1 Å². The largest absolute Gasteiger partial charge is 0.478 e. The molecule has 2 aromatic rings. The predicted octanol–water partition coefficient (Wildman–Crippen LogP) is 1.87. The topological polar surface area (TPSA) is 96.6 Å². The number of rotatable bonds is 3. The Bertz CT molecular complexity index is 764. The van der Waals surface area contributed by atoms with Crippen molar-refractivity contribution in [1.82, 2.24) is 0 Å². The molecule has 0 aliphatic rings. The Labute approximate surface area is 115 Å². The number of anilines is 1. The first-order chi connectivity index (χ1) is 9.88. The maximum absolute atomic E-state index is 13.1. The van der Waals surface area contributed by atoms with Gasteiger partial charge in [-0.1, -0.05) is 0 Å². The van der Waals surface area contributed by atoms with Gasteiger partial charge in [0.25, 0.3) is 5.91 Å². The smallest absolute Gasteiger partial charge is 0.337 e.